The average molecular weight is 527 g/mol. The highest BCUT2D eigenvalue weighted by Gasteiger charge is 2.26. The van der Waals surface area contributed by atoms with E-state index in [9.17, 15) is 9.18 Å². The van der Waals surface area contributed by atoms with Gasteiger partial charge >= 0.3 is 0 Å². The fourth-order valence-corrected chi connectivity index (χ4v) is 4.78. The number of methoxy groups -OCH3 is 2. The van der Waals surface area contributed by atoms with E-state index in [1.165, 1.54) is 24.3 Å². The lowest BCUT2D eigenvalue weighted by Crippen LogP contribution is -2.49. The van der Waals surface area contributed by atoms with Crippen molar-refractivity contribution in [2.45, 2.75) is 13.0 Å². The predicted octanol–water partition coefficient (Wildman–Crippen LogP) is 4.99. The summed E-state index contributed by atoms with van der Waals surface area (Å²) in [6, 6.07) is 23.6. The van der Waals surface area contributed by atoms with E-state index in [-0.39, 0.29) is 11.7 Å². The lowest BCUT2D eigenvalue weighted by Gasteiger charge is -2.36. The van der Waals surface area contributed by atoms with E-state index >= 15 is 0 Å². The lowest BCUT2D eigenvalue weighted by molar-refractivity contribution is 0.0746. The molecule has 0 radical (unpaired) electrons. The third kappa shape index (κ3) is 6.07. The second-order valence-electron chi connectivity index (χ2n) is 9.41. The number of amides is 1. The Kier molecular flexibility index (Phi) is 8.13. The number of rotatable bonds is 8. The molecule has 39 heavy (non-hydrogen) atoms. The van der Waals surface area contributed by atoms with Gasteiger partial charge in [-0.25, -0.2) is 14.4 Å². The van der Waals surface area contributed by atoms with Crippen molar-refractivity contribution in [2.75, 3.05) is 45.3 Å². The second kappa shape index (κ2) is 12.0. The molecule has 0 unspecified atom stereocenters. The molecule has 1 amide bonds. The smallest absolute Gasteiger partial charge is 0.253 e. The molecular weight excluding hydrogens is 495 g/mol. The maximum atomic E-state index is 13.3. The van der Waals surface area contributed by atoms with Crippen LogP contribution in [0.15, 0.2) is 78.9 Å². The highest BCUT2D eigenvalue weighted by atomic mass is 19.1. The molecule has 0 aliphatic carbocycles. The highest BCUT2D eigenvalue weighted by Crippen LogP contribution is 2.30. The molecule has 0 atom stereocenters. The topological polar surface area (TPSA) is 67.8 Å². The number of carbonyl (C=O) groups excluding carboxylic acids is 1. The Balaban J connectivity index is 1.47. The monoisotopic (exact) mass is 526 g/mol. The van der Waals surface area contributed by atoms with E-state index in [0.717, 1.165) is 34.0 Å². The number of piperazine rings is 1. The van der Waals surface area contributed by atoms with Crippen LogP contribution in [0.4, 0.5) is 10.2 Å². The minimum atomic E-state index is -0.356. The fourth-order valence-electron chi connectivity index (χ4n) is 4.78. The molecule has 1 aliphatic rings. The number of aromatic nitrogens is 2. The van der Waals surface area contributed by atoms with Crippen molar-refractivity contribution < 1.29 is 18.7 Å². The number of carbonyl (C=O) groups is 1. The van der Waals surface area contributed by atoms with Crippen LogP contribution in [0.5, 0.6) is 5.75 Å². The maximum absolute atomic E-state index is 13.3. The van der Waals surface area contributed by atoms with E-state index in [4.69, 9.17) is 19.4 Å². The standard InChI is InChI=1S/C31H31FN4O3/c1-38-21-28-27(20-22-8-14-26(39-2)15-9-22)30(34-29(33-28)23-6-4-3-5-7-23)35-16-18-36(19-17-35)31(37)24-10-12-25(32)13-11-24/h3-15H,16-21H2,1-2H3. The Bertz CT molecular complexity index is 1400. The van der Waals surface area contributed by atoms with Crippen molar-refractivity contribution in [2.24, 2.45) is 0 Å². The molecule has 8 heteroatoms. The lowest BCUT2D eigenvalue weighted by atomic mass is 10.0. The summed E-state index contributed by atoms with van der Waals surface area (Å²) in [5.74, 6) is 1.83. The molecule has 0 bridgehead atoms. The quantitative estimate of drug-likeness (QED) is 0.322. The molecule has 1 aliphatic heterocycles. The van der Waals surface area contributed by atoms with Crippen LogP contribution in [0.25, 0.3) is 11.4 Å². The minimum Gasteiger partial charge on any atom is -0.497 e. The minimum absolute atomic E-state index is 0.0964. The van der Waals surface area contributed by atoms with Gasteiger partial charge in [0, 0.05) is 56.4 Å². The van der Waals surface area contributed by atoms with Crippen LogP contribution in [0.3, 0.4) is 0 Å². The summed E-state index contributed by atoms with van der Waals surface area (Å²) in [6.07, 6.45) is 0.627. The average Bonchev–Trinajstić information content (AvgIpc) is 2.99. The molecule has 5 rings (SSSR count). The summed E-state index contributed by atoms with van der Waals surface area (Å²) < 4.78 is 24.2. The van der Waals surface area contributed by atoms with Crippen LogP contribution in [0.2, 0.25) is 0 Å². The van der Waals surface area contributed by atoms with Gasteiger partial charge in [0.05, 0.1) is 19.4 Å². The normalized spacial score (nSPS) is 13.4. The zero-order chi connectivity index (χ0) is 27.2. The first-order chi connectivity index (χ1) is 19.1. The Labute approximate surface area is 227 Å². The highest BCUT2D eigenvalue weighted by molar-refractivity contribution is 5.94. The first-order valence-corrected chi connectivity index (χ1v) is 12.9. The van der Waals surface area contributed by atoms with Crippen molar-refractivity contribution in [3.8, 4) is 17.1 Å². The van der Waals surface area contributed by atoms with Crippen LogP contribution < -0.4 is 9.64 Å². The van der Waals surface area contributed by atoms with Gasteiger partial charge < -0.3 is 19.3 Å². The largest absolute Gasteiger partial charge is 0.497 e. The van der Waals surface area contributed by atoms with E-state index in [1.807, 2.05) is 59.5 Å². The van der Waals surface area contributed by atoms with Crippen molar-refractivity contribution in [3.05, 3.63) is 107 Å². The van der Waals surface area contributed by atoms with Crippen LogP contribution in [0, 0.1) is 5.82 Å². The number of ether oxygens (including phenoxy) is 2. The Morgan fingerprint density at radius 3 is 2.21 bits per heavy atom. The molecular formula is C31H31FN4O3. The zero-order valence-electron chi connectivity index (χ0n) is 22.1. The molecule has 2 heterocycles. The van der Waals surface area contributed by atoms with E-state index in [0.29, 0.717) is 50.6 Å². The number of hydrogen-bond acceptors (Lipinski definition) is 6. The van der Waals surface area contributed by atoms with Gasteiger partial charge in [0.1, 0.15) is 17.4 Å². The van der Waals surface area contributed by atoms with Gasteiger partial charge in [-0.05, 0) is 42.0 Å². The number of hydrogen-bond donors (Lipinski definition) is 0. The van der Waals surface area contributed by atoms with Gasteiger partial charge in [0.25, 0.3) is 5.91 Å². The van der Waals surface area contributed by atoms with Crippen LogP contribution in [-0.4, -0.2) is 61.2 Å². The summed E-state index contributed by atoms with van der Waals surface area (Å²) >= 11 is 0. The van der Waals surface area contributed by atoms with Gasteiger partial charge in [-0.1, -0.05) is 42.5 Å². The van der Waals surface area contributed by atoms with Gasteiger partial charge in [-0.15, -0.1) is 0 Å². The molecule has 0 N–H and O–H groups in total. The molecule has 200 valence electrons. The molecule has 1 fully saturated rings. The second-order valence-corrected chi connectivity index (χ2v) is 9.41. The number of anilines is 1. The van der Waals surface area contributed by atoms with Crippen molar-refractivity contribution in [1.29, 1.82) is 0 Å². The molecule has 4 aromatic rings. The Morgan fingerprint density at radius 2 is 1.56 bits per heavy atom. The van der Waals surface area contributed by atoms with Crippen molar-refractivity contribution in [3.63, 3.8) is 0 Å². The van der Waals surface area contributed by atoms with Crippen molar-refractivity contribution in [1.82, 2.24) is 14.9 Å². The summed E-state index contributed by atoms with van der Waals surface area (Å²) in [5, 5.41) is 0. The van der Waals surface area contributed by atoms with Crippen molar-refractivity contribution >= 4 is 11.7 Å². The van der Waals surface area contributed by atoms with E-state index < -0.39 is 0 Å². The van der Waals surface area contributed by atoms with E-state index in [1.54, 1.807) is 14.2 Å². The first kappa shape index (κ1) is 26.3. The number of benzene rings is 3. The third-order valence-corrected chi connectivity index (χ3v) is 6.88. The Hall–Kier alpha value is -4.30. The van der Waals surface area contributed by atoms with E-state index in [2.05, 4.69) is 4.90 Å². The fraction of sp³-hybridized carbons (Fsp3) is 0.258. The van der Waals surface area contributed by atoms with Crippen LogP contribution in [-0.2, 0) is 17.8 Å². The summed E-state index contributed by atoms with van der Waals surface area (Å²) in [5.41, 5.74) is 4.36. The molecule has 3 aromatic carbocycles. The molecule has 7 nitrogen and oxygen atoms in total. The SMILES string of the molecule is COCc1nc(-c2ccccc2)nc(N2CCN(C(=O)c3ccc(F)cc3)CC2)c1Cc1ccc(OC)cc1. The number of halogens is 1. The Morgan fingerprint density at radius 1 is 0.872 bits per heavy atom. The number of nitrogens with zero attached hydrogens (tertiary/aromatic N) is 4. The third-order valence-electron chi connectivity index (χ3n) is 6.88. The van der Waals surface area contributed by atoms with Gasteiger partial charge in [0.15, 0.2) is 5.82 Å². The summed E-state index contributed by atoms with van der Waals surface area (Å²) in [4.78, 5) is 27.0. The van der Waals surface area contributed by atoms with Gasteiger partial charge in [-0.2, -0.15) is 0 Å². The van der Waals surface area contributed by atoms with Gasteiger partial charge in [-0.3, -0.25) is 4.79 Å². The van der Waals surface area contributed by atoms with Crippen LogP contribution in [0.1, 0.15) is 27.2 Å². The summed E-state index contributed by atoms with van der Waals surface area (Å²) in [6.45, 7) is 2.63. The molecule has 0 spiro atoms. The first-order valence-electron chi connectivity index (χ1n) is 12.9. The maximum Gasteiger partial charge on any atom is 0.253 e. The molecule has 1 aromatic heterocycles. The zero-order valence-corrected chi connectivity index (χ0v) is 22.1. The molecule has 0 saturated carbocycles. The summed E-state index contributed by atoms with van der Waals surface area (Å²) in [7, 11) is 3.32. The molecule has 1 saturated heterocycles. The van der Waals surface area contributed by atoms with Crippen LogP contribution >= 0.6 is 0 Å². The van der Waals surface area contributed by atoms with Gasteiger partial charge in [0.2, 0.25) is 0 Å². The predicted molar refractivity (Wildman–Crippen MR) is 148 cm³/mol.